The molecule has 0 aliphatic rings. The minimum atomic E-state index is 0.206. The van der Waals surface area contributed by atoms with Gasteiger partial charge in [-0.15, -0.1) is 0 Å². The van der Waals surface area contributed by atoms with Crippen molar-refractivity contribution in [2.45, 2.75) is 26.4 Å². The van der Waals surface area contributed by atoms with Gasteiger partial charge in [-0.25, -0.2) is 4.98 Å². The Balaban J connectivity index is 2.16. The van der Waals surface area contributed by atoms with Gasteiger partial charge in [-0.2, -0.15) is 5.10 Å². The number of hydrogen-bond acceptors (Lipinski definition) is 4. The molecule has 0 saturated carbocycles. The zero-order chi connectivity index (χ0) is 13.0. The molecule has 0 radical (unpaired) electrons. The maximum absolute atomic E-state index is 5.10. The average molecular weight is 249 g/mol. The second-order valence-corrected chi connectivity index (χ2v) is 4.18. The van der Waals surface area contributed by atoms with E-state index in [9.17, 15) is 0 Å². The van der Waals surface area contributed by atoms with Gasteiger partial charge >= 0.3 is 0 Å². The van der Waals surface area contributed by atoms with Crippen molar-refractivity contribution >= 4 is 5.95 Å². The smallest absolute Gasteiger partial charge is 0.207 e. The third-order valence-corrected chi connectivity index (χ3v) is 2.65. The molecule has 2 rings (SSSR count). The quantitative estimate of drug-likeness (QED) is 0.843. The first-order valence-electron chi connectivity index (χ1n) is 6.06. The second-order valence-electron chi connectivity index (χ2n) is 4.18. The molecular weight excluding hydrogens is 230 g/mol. The fourth-order valence-corrected chi connectivity index (χ4v) is 1.78. The summed E-state index contributed by atoms with van der Waals surface area (Å²) < 4.78 is 8.97. The van der Waals surface area contributed by atoms with E-state index in [0.717, 1.165) is 18.2 Å². The second kappa shape index (κ2) is 5.68. The van der Waals surface area contributed by atoms with E-state index in [1.54, 1.807) is 13.3 Å². The SMILES string of the molecule is CCn1cc(-n2ccnc2NC(C)COC)cn1. The molecule has 0 fully saturated rings. The summed E-state index contributed by atoms with van der Waals surface area (Å²) in [5.41, 5.74) is 1.00. The summed E-state index contributed by atoms with van der Waals surface area (Å²) in [5.74, 6) is 0.801. The molecule has 6 nitrogen and oxygen atoms in total. The topological polar surface area (TPSA) is 56.9 Å². The summed E-state index contributed by atoms with van der Waals surface area (Å²) in [4.78, 5) is 4.31. The molecule has 0 saturated heterocycles. The Morgan fingerprint density at radius 2 is 2.33 bits per heavy atom. The summed E-state index contributed by atoms with van der Waals surface area (Å²) in [6.45, 7) is 5.61. The summed E-state index contributed by atoms with van der Waals surface area (Å²) in [7, 11) is 1.69. The van der Waals surface area contributed by atoms with Crippen molar-refractivity contribution in [3.63, 3.8) is 0 Å². The van der Waals surface area contributed by atoms with Crippen LogP contribution in [-0.2, 0) is 11.3 Å². The average Bonchev–Trinajstić information content (AvgIpc) is 2.96. The molecule has 0 amide bonds. The van der Waals surface area contributed by atoms with Crippen molar-refractivity contribution in [2.75, 3.05) is 19.0 Å². The third-order valence-electron chi connectivity index (χ3n) is 2.65. The van der Waals surface area contributed by atoms with Crippen LogP contribution in [0.5, 0.6) is 0 Å². The van der Waals surface area contributed by atoms with Gasteiger partial charge < -0.3 is 10.1 Å². The summed E-state index contributed by atoms with van der Waals surface area (Å²) in [5, 5.41) is 7.57. The van der Waals surface area contributed by atoms with Gasteiger partial charge in [-0.3, -0.25) is 9.25 Å². The van der Waals surface area contributed by atoms with Crippen LogP contribution >= 0.6 is 0 Å². The van der Waals surface area contributed by atoms with Crippen LogP contribution in [0.4, 0.5) is 5.95 Å². The van der Waals surface area contributed by atoms with Gasteiger partial charge in [0.1, 0.15) is 0 Å². The molecule has 0 spiro atoms. The number of imidazole rings is 1. The zero-order valence-electron chi connectivity index (χ0n) is 11.0. The van der Waals surface area contributed by atoms with E-state index >= 15 is 0 Å². The minimum Gasteiger partial charge on any atom is -0.383 e. The van der Waals surface area contributed by atoms with Crippen molar-refractivity contribution in [2.24, 2.45) is 0 Å². The highest BCUT2D eigenvalue weighted by Crippen LogP contribution is 2.14. The predicted molar refractivity (Wildman–Crippen MR) is 70.0 cm³/mol. The van der Waals surface area contributed by atoms with E-state index in [1.807, 2.05) is 27.8 Å². The number of hydrogen-bond donors (Lipinski definition) is 1. The maximum Gasteiger partial charge on any atom is 0.207 e. The van der Waals surface area contributed by atoms with Crippen molar-refractivity contribution in [3.05, 3.63) is 24.8 Å². The van der Waals surface area contributed by atoms with Gasteiger partial charge in [-0.05, 0) is 13.8 Å². The molecular formula is C12H19N5O. The van der Waals surface area contributed by atoms with Gasteiger partial charge in [0.05, 0.1) is 18.5 Å². The van der Waals surface area contributed by atoms with Crippen molar-refractivity contribution in [1.82, 2.24) is 19.3 Å². The van der Waals surface area contributed by atoms with Crippen LogP contribution in [0.15, 0.2) is 24.8 Å². The molecule has 18 heavy (non-hydrogen) atoms. The van der Waals surface area contributed by atoms with Gasteiger partial charge in [0.25, 0.3) is 0 Å². The van der Waals surface area contributed by atoms with E-state index in [1.165, 1.54) is 0 Å². The first kappa shape index (κ1) is 12.6. The summed E-state index contributed by atoms with van der Waals surface area (Å²) >= 11 is 0. The Kier molecular flexibility index (Phi) is 3.99. The molecule has 2 aromatic rings. The number of methoxy groups -OCH3 is 1. The van der Waals surface area contributed by atoms with Crippen LogP contribution in [0, 0.1) is 0 Å². The van der Waals surface area contributed by atoms with Gasteiger partial charge in [0, 0.05) is 38.3 Å². The Bertz CT molecular complexity index is 490. The fraction of sp³-hybridized carbons (Fsp3) is 0.500. The molecule has 98 valence electrons. The van der Waals surface area contributed by atoms with E-state index < -0.39 is 0 Å². The van der Waals surface area contributed by atoms with Crippen LogP contribution in [0.25, 0.3) is 5.69 Å². The highest BCUT2D eigenvalue weighted by atomic mass is 16.5. The van der Waals surface area contributed by atoms with E-state index in [-0.39, 0.29) is 6.04 Å². The minimum absolute atomic E-state index is 0.206. The third kappa shape index (κ3) is 2.70. The number of rotatable bonds is 6. The lowest BCUT2D eigenvalue weighted by atomic mass is 10.4. The molecule has 2 aromatic heterocycles. The Morgan fingerprint density at radius 3 is 3.00 bits per heavy atom. The number of nitrogens with one attached hydrogen (secondary N) is 1. The molecule has 6 heteroatoms. The lowest BCUT2D eigenvalue weighted by Gasteiger charge is -2.14. The Morgan fingerprint density at radius 1 is 1.50 bits per heavy atom. The number of nitrogens with zero attached hydrogens (tertiary/aromatic N) is 4. The Labute approximate surface area is 107 Å². The molecule has 0 aromatic carbocycles. The summed E-state index contributed by atoms with van der Waals surface area (Å²) in [6, 6.07) is 0.206. The van der Waals surface area contributed by atoms with E-state index in [4.69, 9.17) is 4.74 Å². The molecule has 0 bridgehead atoms. The monoisotopic (exact) mass is 249 g/mol. The number of anilines is 1. The van der Waals surface area contributed by atoms with Gasteiger partial charge in [0.15, 0.2) is 0 Å². The lowest BCUT2D eigenvalue weighted by molar-refractivity contribution is 0.190. The van der Waals surface area contributed by atoms with E-state index in [2.05, 4.69) is 29.2 Å². The van der Waals surface area contributed by atoms with Crippen LogP contribution in [-0.4, -0.2) is 39.1 Å². The number of aromatic nitrogens is 4. The normalized spacial score (nSPS) is 12.6. The summed E-state index contributed by atoms with van der Waals surface area (Å²) in [6.07, 6.45) is 7.51. The standard InChI is InChI=1S/C12H19N5O/c1-4-16-8-11(7-14-16)17-6-5-13-12(17)15-10(2)9-18-3/h5-8,10H,4,9H2,1-3H3,(H,13,15). The fourth-order valence-electron chi connectivity index (χ4n) is 1.78. The highest BCUT2D eigenvalue weighted by molar-refractivity contribution is 5.39. The highest BCUT2D eigenvalue weighted by Gasteiger charge is 2.09. The first-order valence-corrected chi connectivity index (χ1v) is 6.06. The lowest BCUT2D eigenvalue weighted by Crippen LogP contribution is -2.22. The predicted octanol–water partition coefficient (Wildman–Crippen LogP) is 1.54. The molecule has 0 aliphatic heterocycles. The van der Waals surface area contributed by atoms with Crippen LogP contribution in [0.3, 0.4) is 0 Å². The molecule has 2 heterocycles. The number of aryl methyl sites for hydroxylation is 1. The van der Waals surface area contributed by atoms with Crippen molar-refractivity contribution in [1.29, 1.82) is 0 Å². The van der Waals surface area contributed by atoms with Crippen LogP contribution in [0.2, 0.25) is 0 Å². The van der Waals surface area contributed by atoms with Gasteiger partial charge in [-0.1, -0.05) is 0 Å². The van der Waals surface area contributed by atoms with Crippen molar-refractivity contribution in [3.8, 4) is 5.69 Å². The van der Waals surface area contributed by atoms with Crippen LogP contribution < -0.4 is 5.32 Å². The van der Waals surface area contributed by atoms with E-state index in [0.29, 0.717) is 6.61 Å². The molecule has 1 atom stereocenters. The zero-order valence-corrected chi connectivity index (χ0v) is 11.0. The number of ether oxygens (including phenoxy) is 1. The van der Waals surface area contributed by atoms with Crippen LogP contribution in [0.1, 0.15) is 13.8 Å². The Hall–Kier alpha value is -1.82. The largest absolute Gasteiger partial charge is 0.383 e. The molecule has 0 aliphatic carbocycles. The first-order chi connectivity index (χ1) is 8.74. The van der Waals surface area contributed by atoms with Crippen molar-refractivity contribution < 1.29 is 4.74 Å². The molecule has 1 N–H and O–H groups in total. The maximum atomic E-state index is 5.10. The van der Waals surface area contributed by atoms with Gasteiger partial charge in [0.2, 0.25) is 5.95 Å². The molecule has 1 unspecified atom stereocenters.